The summed E-state index contributed by atoms with van der Waals surface area (Å²) in [7, 11) is 0. The normalized spacial score (nSPS) is 10.6. The van der Waals surface area contributed by atoms with Gasteiger partial charge in [0.25, 0.3) is 12.1 Å². The average molecular weight is 274 g/mol. The van der Waals surface area contributed by atoms with Crippen molar-refractivity contribution in [2.45, 2.75) is 26.7 Å². The zero-order valence-electron chi connectivity index (χ0n) is 10.4. The van der Waals surface area contributed by atoms with Crippen molar-refractivity contribution in [2.75, 3.05) is 6.61 Å². The summed E-state index contributed by atoms with van der Waals surface area (Å²) in [5, 5.41) is 10.7. The lowest BCUT2D eigenvalue weighted by Gasteiger charge is -2.10. The van der Waals surface area contributed by atoms with Gasteiger partial charge in [-0.15, -0.1) is 0 Å². The van der Waals surface area contributed by atoms with Crippen LogP contribution < -0.4 is 0 Å². The molecule has 1 aromatic heterocycles. The number of halogens is 2. The quantitative estimate of drug-likeness (QED) is 0.467. The van der Waals surface area contributed by atoms with Crippen molar-refractivity contribution in [3.8, 4) is 0 Å². The summed E-state index contributed by atoms with van der Waals surface area (Å²) in [5.74, 6) is -0.727. The summed E-state index contributed by atoms with van der Waals surface area (Å²) in [6.45, 7) is 2.98. The van der Waals surface area contributed by atoms with Crippen LogP contribution in [0.4, 0.5) is 14.5 Å². The standard InChI is InChI=1S/C11H12F2N2O4/c1-3-19-9(16)4-7-6(2)8(15(17)18)5-14-10(7)11(12)13/h5,11H,3-4H2,1-2H3. The van der Waals surface area contributed by atoms with E-state index in [1.54, 1.807) is 6.92 Å². The maximum Gasteiger partial charge on any atom is 0.310 e. The summed E-state index contributed by atoms with van der Waals surface area (Å²) in [6, 6.07) is 0. The number of pyridine rings is 1. The van der Waals surface area contributed by atoms with Gasteiger partial charge in [0.05, 0.1) is 18.0 Å². The number of alkyl halides is 2. The van der Waals surface area contributed by atoms with Gasteiger partial charge in [-0.2, -0.15) is 0 Å². The summed E-state index contributed by atoms with van der Waals surface area (Å²) in [5.41, 5.74) is -1.18. The highest BCUT2D eigenvalue weighted by molar-refractivity contribution is 5.74. The number of nitrogens with zero attached hydrogens (tertiary/aromatic N) is 2. The van der Waals surface area contributed by atoms with Gasteiger partial charge in [-0.05, 0) is 13.8 Å². The summed E-state index contributed by atoms with van der Waals surface area (Å²) < 4.78 is 30.2. The van der Waals surface area contributed by atoms with Crippen LogP contribution in [0.3, 0.4) is 0 Å². The molecule has 0 aliphatic heterocycles. The molecule has 0 aliphatic rings. The molecule has 0 radical (unpaired) electrons. The lowest BCUT2D eigenvalue weighted by Crippen LogP contribution is -2.13. The van der Waals surface area contributed by atoms with Gasteiger partial charge >= 0.3 is 5.97 Å². The second-order valence-corrected chi connectivity index (χ2v) is 3.67. The van der Waals surface area contributed by atoms with Gasteiger partial charge in [-0.25, -0.2) is 13.8 Å². The van der Waals surface area contributed by atoms with Crippen molar-refractivity contribution in [1.29, 1.82) is 0 Å². The monoisotopic (exact) mass is 274 g/mol. The Morgan fingerprint density at radius 3 is 2.68 bits per heavy atom. The van der Waals surface area contributed by atoms with Crippen molar-refractivity contribution < 1.29 is 23.2 Å². The lowest BCUT2D eigenvalue weighted by molar-refractivity contribution is -0.385. The van der Waals surface area contributed by atoms with Crippen LogP contribution in [0.25, 0.3) is 0 Å². The fraction of sp³-hybridized carbons (Fsp3) is 0.455. The number of ether oxygens (including phenoxy) is 1. The highest BCUT2D eigenvalue weighted by Crippen LogP contribution is 2.29. The number of esters is 1. The molecule has 0 aromatic carbocycles. The van der Waals surface area contributed by atoms with Crippen LogP contribution in [0.15, 0.2) is 6.20 Å². The topological polar surface area (TPSA) is 82.3 Å². The van der Waals surface area contributed by atoms with E-state index in [4.69, 9.17) is 0 Å². The van der Waals surface area contributed by atoms with Gasteiger partial charge in [0.1, 0.15) is 11.9 Å². The molecule has 104 valence electrons. The molecular weight excluding hydrogens is 262 g/mol. The van der Waals surface area contributed by atoms with Gasteiger partial charge in [-0.3, -0.25) is 14.9 Å². The Morgan fingerprint density at radius 1 is 1.58 bits per heavy atom. The molecule has 0 N–H and O–H groups in total. The minimum atomic E-state index is -2.91. The smallest absolute Gasteiger partial charge is 0.310 e. The maximum atomic E-state index is 12.8. The summed E-state index contributed by atoms with van der Waals surface area (Å²) in [6.07, 6.45) is -2.61. The first kappa shape index (κ1) is 14.9. The Balaban J connectivity index is 3.26. The zero-order chi connectivity index (χ0) is 14.6. The maximum absolute atomic E-state index is 12.8. The Bertz CT molecular complexity index is 506. The molecule has 0 bridgehead atoms. The molecule has 0 fully saturated rings. The van der Waals surface area contributed by atoms with Crippen LogP contribution in [0.1, 0.15) is 30.2 Å². The van der Waals surface area contributed by atoms with E-state index < -0.39 is 35.1 Å². The minimum Gasteiger partial charge on any atom is -0.466 e. The Labute approximate surface area is 107 Å². The van der Waals surface area contributed by atoms with E-state index in [2.05, 4.69) is 9.72 Å². The van der Waals surface area contributed by atoms with E-state index in [9.17, 15) is 23.7 Å². The number of hydrogen-bond donors (Lipinski definition) is 0. The van der Waals surface area contributed by atoms with Crippen LogP contribution in [-0.2, 0) is 16.0 Å². The molecule has 0 atom stereocenters. The lowest BCUT2D eigenvalue weighted by atomic mass is 10.0. The van der Waals surface area contributed by atoms with Gasteiger partial charge in [0.2, 0.25) is 0 Å². The van der Waals surface area contributed by atoms with Crippen LogP contribution in [0.5, 0.6) is 0 Å². The fourth-order valence-corrected chi connectivity index (χ4v) is 1.60. The first-order valence-corrected chi connectivity index (χ1v) is 5.45. The van der Waals surface area contributed by atoms with Crippen LogP contribution in [0, 0.1) is 17.0 Å². The molecule has 1 heterocycles. The molecule has 0 aliphatic carbocycles. The van der Waals surface area contributed by atoms with E-state index in [0.717, 1.165) is 6.20 Å². The van der Waals surface area contributed by atoms with E-state index in [0.29, 0.717) is 0 Å². The Morgan fingerprint density at radius 2 is 2.21 bits per heavy atom. The second kappa shape index (κ2) is 6.17. The van der Waals surface area contributed by atoms with E-state index in [1.165, 1.54) is 6.92 Å². The van der Waals surface area contributed by atoms with Gasteiger partial charge in [-0.1, -0.05) is 0 Å². The number of hydrogen-bond acceptors (Lipinski definition) is 5. The zero-order valence-corrected chi connectivity index (χ0v) is 10.4. The third-order valence-electron chi connectivity index (χ3n) is 2.50. The van der Waals surface area contributed by atoms with Gasteiger partial charge in [0, 0.05) is 11.1 Å². The molecular formula is C11H12F2N2O4. The van der Waals surface area contributed by atoms with Crippen molar-refractivity contribution in [1.82, 2.24) is 4.98 Å². The average Bonchev–Trinajstić information content (AvgIpc) is 2.31. The number of nitro groups is 1. The second-order valence-electron chi connectivity index (χ2n) is 3.67. The molecule has 1 aromatic rings. The molecule has 8 heteroatoms. The van der Waals surface area contributed by atoms with Crippen molar-refractivity contribution in [3.05, 3.63) is 33.1 Å². The third kappa shape index (κ3) is 3.43. The molecule has 1 rings (SSSR count). The van der Waals surface area contributed by atoms with E-state index in [-0.39, 0.29) is 17.7 Å². The fourth-order valence-electron chi connectivity index (χ4n) is 1.60. The minimum absolute atomic E-state index is 0.00310. The van der Waals surface area contributed by atoms with Crippen LogP contribution in [0.2, 0.25) is 0 Å². The van der Waals surface area contributed by atoms with Crippen LogP contribution in [-0.4, -0.2) is 22.5 Å². The van der Waals surface area contributed by atoms with E-state index in [1.807, 2.05) is 0 Å². The third-order valence-corrected chi connectivity index (χ3v) is 2.50. The van der Waals surface area contributed by atoms with Gasteiger partial charge < -0.3 is 4.74 Å². The molecule has 0 saturated heterocycles. The number of aromatic nitrogens is 1. The van der Waals surface area contributed by atoms with Crippen molar-refractivity contribution in [2.24, 2.45) is 0 Å². The molecule has 0 spiro atoms. The van der Waals surface area contributed by atoms with Crippen LogP contribution >= 0.6 is 0 Å². The van der Waals surface area contributed by atoms with Crippen molar-refractivity contribution >= 4 is 11.7 Å². The summed E-state index contributed by atoms with van der Waals surface area (Å²) >= 11 is 0. The number of carbonyl (C=O) groups is 1. The van der Waals surface area contributed by atoms with E-state index >= 15 is 0 Å². The molecule has 6 nitrogen and oxygen atoms in total. The number of carbonyl (C=O) groups excluding carboxylic acids is 1. The summed E-state index contributed by atoms with van der Waals surface area (Å²) in [4.78, 5) is 24.7. The first-order chi connectivity index (χ1) is 8.88. The molecule has 19 heavy (non-hydrogen) atoms. The SMILES string of the molecule is CCOC(=O)Cc1c(C(F)F)ncc([N+](=O)[O-])c1C. The largest absolute Gasteiger partial charge is 0.466 e. The van der Waals surface area contributed by atoms with Crippen molar-refractivity contribution in [3.63, 3.8) is 0 Å². The molecule has 0 saturated carbocycles. The Kier molecular flexibility index (Phi) is 4.85. The Hall–Kier alpha value is -2.12. The first-order valence-electron chi connectivity index (χ1n) is 5.45. The van der Waals surface area contributed by atoms with Gasteiger partial charge in [0.15, 0.2) is 0 Å². The number of rotatable bonds is 5. The highest BCUT2D eigenvalue weighted by Gasteiger charge is 2.25. The highest BCUT2D eigenvalue weighted by atomic mass is 19.3. The molecule has 0 unspecified atom stereocenters. The predicted octanol–water partition coefficient (Wildman–Crippen LogP) is 2.34. The predicted molar refractivity (Wildman–Crippen MR) is 60.9 cm³/mol. The molecule has 0 amide bonds.